The molecule has 0 radical (unpaired) electrons. The summed E-state index contributed by atoms with van der Waals surface area (Å²) in [6.45, 7) is 3.45. The highest BCUT2D eigenvalue weighted by atomic mass is 32.2. The van der Waals surface area contributed by atoms with Crippen molar-refractivity contribution in [3.05, 3.63) is 59.9 Å². The molecule has 0 saturated carbocycles. The first-order valence-corrected chi connectivity index (χ1v) is 12.6. The molecule has 0 aromatic heterocycles. The SMILES string of the molecule is CCCNC(=O)C(C)N(Cc1ccc(OC)cc1)C(=O)CN(c1ccc(F)cc1)S(=O)(=O)N(C)C. The summed E-state index contributed by atoms with van der Waals surface area (Å²) in [6.07, 6.45) is 0.726. The van der Waals surface area contributed by atoms with Crippen molar-refractivity contribution in [1.29, 1.82) is 0 Å². The Balaban J connectivity index is 2.42. The monoisotopic (exact) mass is 508 g/mol. The zero-order valence-corrected chi connectivity index (χ0v) is 21.5. The van der Waals surface area contributed by atoms with Crippen LogP contribution in [0.4, 0.5) is 10.1 Å². The Morgan fingerprint density at radius 2 is 1.66 bits per heavy atom. The van der Waals surface area contributed by atoms with E-state index >= 15 is 0 Å². The standard InChI is InChI=1S/C24H33FN4O5S/c1-6-15-26-24(31)18(2)28(16-19-7-13-22(34-5)14-8-19)23(30)17-29(35(32,33)27(3)4)21-11-9-20(25)10-12-21/h7-14,18H,6,15-17H2,1-5H3,(H,26,31). The molecule has 0 heterocycles. The van der Waals surface area contributed by atoms with Crippen LogP contribution in [0, 0.1) is 5.82 Å². The number of rotatable bonds is 12. The van der Waals surface area contributed by atoms with Gasteiger partial charge >= 0.3 is 10.2 Å². The highest BCUT2D eigenvalue weighted by Crippen LogP contribution is 2.21. The summed E-state index contributed by atoms with van der Waals surface area (Å²) in [5.41, 5.74) is 0.860. The highest BCUT2D eigenvalue weighted by molar-refractivity contribution is 7.90. The van der Waals surface area contributed by atoms with Crippen LogP contribution < -0.4 is 14.4 Å². The van der Waals surface area contributed by atoms with Gasteiger partial charge in [0, 0.05) is 27.2 Å². The summed E-state index contributed by atoms with van der Waals surface area (Å²) in [6, 6.07) is 11.0. The fourth-order valence-electron chi connectivity index (χ4n) is 3.23. The van der Waals surface area contributed by atoms with E-state index in [1.807, 2.05) is 6.92 Å². The zero-order valence-electron chi connectivity index (χ0n) is 20.7. The van der Waals surface area contributed by atoms with Crippen LogP contribution in [0.5, 0.6) is 5.75 Å². The summed E-state index contributed by atoms with van der Waals surface area (Å²) in [7, 11) is 0.125. The van der Waals surface area contributed by atoms with E-state index in [4.69, 9.17) is 4.74 Å². The second-order valence-corrected chi connectivity index (χ2v) is 10.2. The van der Waals surface area contributed by atoms with E-state index < -0.39 is 34.5 Å². The fourth-order valence-corrected chi connectivity index (χ4v) is 4.29. The maximum atomic E-state index is 13.5. The third kappa shape index (κ3) is 7.40. The van der Waals surface area contributed by atoms with Gasteiger partial charge < -0.3 is 15.0 Å². The largest absolute Gasteiger partial charge is 0.497 e. The third-order valence-electron chi connectivity index (χ3n) is 5.36. The predicted molar refractivity (Wildman–Crippen MR) is 133 cm³/mol. The number of nitrogens with zero attached hydrogens (tertiary/aromatic N) is 3. The smallest absolute Gasteiger partial charge is 0.304 e. The Hall–Kier alpha value is -3.18. The molecule has 1 unspecified atom stereocenters. The molecule has 2 amide bonds. The molecule has 9 nitrogen and oxygen atoms in total. The first kappa shape index (κ1) is 28.1. The topological polar surface area (TPSA) is 99.3 Å². The molecule has 35 heavy (non-hydrogen) atoms. The summed E-state index contributed by atoms with van der Waals surface area (Å²) in [4.78, 5) is 27.6. The van der Waals surface area contributed by atoms with Crippen LogP contribution in [0.15, 0.2) is 48.5 Å². The number of halogens is 1. The van der Waals surface area contributed by atoms with Crippen molar-refractivity contribution in [2.75, 3.05) is 38.6 Å². The molecule has 192 valence electrons. The van der Waals surface area contributed by atoms with Crippen molar-refractivity contribution in [3.63, 3.8) is 0 Å². The lowest BCUT2D eigenvalue weighted by molar-refractivity contribution is -0.139. The second-order valence-electron chi connectivity index (χ2n) is 8.11. The van der Waals surface area contributed by atoms with Gasteiger partial charge in [-0.2, -0.15) is 12.7 Å². The Labute approximate surface area is 206 Å². The van der Waals surface area contributed by atoms with Gasteiger partial charge in [-0.25, -0.2) is 8.70 Å². The number of ether oxygens (including phenoxy) is 1. The molecule has 0 aliphatic carbocycles. The molecule has 11 heteroatoms. The van der Waals surface area contributed by atoms with Gasteiger partial charge in [0.05, 0.1) is 12.8 Å². The number of hydrogen-bond acceptors (Lipinski definition) is 5. The maximum Gasteiger partial charge on any atom is 0.304 e. The predicted octanol–water partition coefficient (Wildman–Crippen LogP) is 2.39. The Kier molecular flexibility index (Phi) is 10.0. The first-order chi connectivity index (χ1) is 16.5. The van der Waals surface area contributed by atoms with E-state index in [1.165, 1.54) is 31.1 Å². The number of amides is 2. The minimum Gasteiger partial charge on any atom is -0.497 e. The normalized spacial score (nSPS) is 12.2. The third-order valence-corrected chi connectivity index (χ3v) is 7.18. The average molecular weight is 509 g/mol. The molecule has 1 N–H and O–H groups in total. The van der Waals surface area contributed by atoms with Crippen LogP contribution >= 0.6 is 0 Å². The van der Waals surface area contributed by atoms with Crippen molar-refractivity contribution in [2.45, 2.75) is 32.9 Å². The molecule has 0 fully saturated rings. The van der Waals surface area contributed by atoms with Crippen LogP contribution in [-0.4, -0.2) is 69.8 Å². The van der Waals surface area contributed by atoms with Gasteiger partial charge in [0.25, 0.3) is 0 Å². The van der Waals surface area contributed by atoms with E-state index in [-0.39, 0.29) is 18.1 Å². The number of carbonyl (C=O) groups excluding carboxylic acids is 2. The summed E-state index contributed by atoms with van der Waals surface area (Å²) >= 11 is 0. The van der Waals surface area contributed by atoms with Crippen molar-refractivity contribution in [1.82, 2.24) is 14.5 Å². The van der Waals surface area contributed by atoms with Crippen molar-refractivity contribution in [2.24, 2.45) is 0 Å². The Morgan fingerprint density at radius 1 is 1.06 bits per heavy atom. The lowest BCUT2D eigenvalue weighted by Gasteiger charge is -2.32. The van der Waals surface area contributed by atoms with E-state index in [0.29, 0.717) is 12.3 Å². The number of methoxy groups -OCH3 is 1. The van der Waals surface area contributed by atoms with Gasteiger partial charge in [-0.05, 0) is 55.3 Å². The van der Waals surface area contributed by atoms with Gasteiger partial charge in [-0.3, -0.25) is 9.59 Å². The van der Waals surface area contributed by atoms with E-state index in [2.05, 4.69) is 5.32 Å². The van der Waals surface area contributed by atoms with Gasteiger partial charge in [0.15, 0.2) is 0 Å². The number of benzene rings is 2. The molecule has 1 atom stereocenters. The molecule has 2 rings (SSSR count). The van der Waals surface area contributed by atoms with Gasteiger partial charge in [0.2, 0.25) is 11.8 Å². The molecule has 0 aliphatic heterocycles. The lowest BCUT2D eigenvalue weighted by Crippen LogP contribution is -2.52. The van der Waals surface area contributed by atoms with Crippen LogP contribution in [0.3, 0.4) is 0 Å². The van der Waals surface area contributed by atoms with E-state index in [0.717, 1.165) is 32.7 Å². The number of anilines is 1. The van der Waals surface area contributed by atoms with Crippen molar-refractivity contribution < 1.29 is 27.1 Å². The zero-order chi connectivity index (χ0) is 26.2. The van der Waals surface area contributed by atoms with Crippen LogP contribution in [0.2, 0.25) is 0 Å². The summed E-state index contributed by atoms with van der Waals surface area (Å²) < 4.78 is 46.6. The van der Waals surface area contributed by atoms with Gasteiger partial charge in [-0.15, -0.1) is 0 Å². The highest BCUT2D eigenvalue weighted by Gasteiger charge is 2.32. The molecule has 0 aliphatic rings. The van der Waals surface area contributed by atoms with Crippen LogP contribution in [-0.2, 0) is 26.3 Å². The molecular weight excluding hydrogens is 475 g/mol. The van der Waals surface area contributed by atoms with Crippen molar-refractivity contribution in [3.8, 4) is 5.75 Å². The quantitative estimate of drug-likeness (QED) is 0.475. The average Bonchev–Trinajstić information content (AvgIpc) is 2.84. The maximum absolute atomic E-state index is 13.5. The van der Waals surface area contributed by atoms with Crippen LogP contribution in [0.1, 0.15) is 25.8 Å². The van der Waals surface area contributed by atoms with Crippen LogP contribution in [0.25, 0.3) is 0 Å². The summed E-state index contributed by atoms with van der Waals surface area (Å²) in [5, 5.41) is 2.78. The minimum absolute atomic E-state index is 0.0722. The lowest BCUT2D eigenvalue weighted by atomic mass is 10.1. The Morgan fingerprint density at radius 3 is 2.17 bits per heavy atom. The molecule has 0 spiro atoms. The molecule has 2 aromatic rings. The first-order valence-electron chi connectivity index (χ1n) is 11.2. The summed E-state index contributed by atoms with van der Waals surface area (Å²) in [5.74, 6) is -0.836. The van der Waals surface area contributed by atoms with Gasteiger partial charge in [-0.1, -0.05) is 19.1 Å². The van der Waals surface area contributed by atoms with E-state index in [9.17, 15) is 22.4 Å². The van der Waals surface area contributed by atoms with E-state index in [1.54, 1.807) is 38.3 Å². The molecule has 0 saturated heterocycles. The Bertz CT molecular complexity index is 1090. The molecule has 0 bridgehead atoms. The molecule has 2 aromatic carbocycles. The number of nitrogens with one attached hydrogen (secondary N) is 1. The number of hydrogen-bond donors (Lipinski definition) is 1. The van der Waals surface area contributed by atoms with Gasteiger partial charge in [0.1, 0.15) is 24.2 Å². The second kappa shape index (κ2) is 12.5. The fraction of sp³-hybridized carbons (Fsp3) is 0.417. The minimum atomic E-state index is -4.10. The number of carbonyl (C=O) groups is 2. The molecular formula is C24H33FN4O5S. The van der Waals surface area contributed by atoms with Crippen molar-refractivity contribution >= 4 is 27.7 Å².